The zero-order chi connectivity index (χ0) is 13.8. The van der Waals surface area contributed by atoms with Gasteiger partial charge < -0.3 is 5.11 Å². The second-order valence-corrected chi connectivity index (χ2v) is 4.57. The maximum atomic E-state index is 11.9. The Balaban J connectivity index is 2.22. The highest BCUT2D eigenvalue weighted by atomic mass is 16.3. The van der Waals surface area contributed by atoms with E-state index in [9.17, 15) is 9.90 Å². The van der Waals surface area contributed by atoms with Crippen molar-refractivity contribution in [1.82, 2.24) is 0 Å². The molecule has 0 unspecified atom stereocenters. The molecule has 0 spiro atoms. The van der Waals surface area contributed by atoms with E-state index in [0.717, 1.165) is 16.7 Å². The van der Waals surface area contributed by atoms with Crippen LogP contribution in [0.1, 0.15) is 27.0 Å². The molecule has 0 saturated heterocycles. The van der Waals surface area contributed by atoms with Crippen LogP contribution in [-0.4, -0.2) is 10.9 Å². The summed E-state index contributed by atoms with van der Waals surface area (Å²) in [5.41, 5.74) is 3.21. The average molecular weight is 252 g/mol. The van der Waals surface area contributed by atoms with E-state index in [-0.39, 0.29) is 5.78 Å². The lowest BCUT2D eigenvalue weighted by atomic mass is 10.0. The monoisotopic (exact) mass is 252 g/mol. The summed E-state index contributed by atoms with van der Waals surface area (Å²) >= 11 is 0. The van der Waals surface area contributed by atoms with Crippen molar-refractivity contribution in [3.8, 4) is 5.75 Å². The first kappa shape index (κ1) is 13.1. The van der Waals surface area contributed by atoms with Gasteiger partial charge in [0.2, 0.25) is 0 Å². The molecular formula is C17H16O2. The molecular weight excluding hydrogens is 236 g/mol. The molecule has 2 aromatic carbocycles. The Morgan fingerprint density at radius 3 is 2.21 bits per heavy atom. The van der Waals surface area contributed by atoms with E-state index in [1.165, 1.54) is 0 Å². The van der Waals surface area contributed by atoms with E-state index in [4.69, 9.17) is 0 Å². The predicted molar refractivity (Wildman–Crippen MR) is 77.4 cm³/mol. The Bertz CT molecular complexity index is 602. The molecule has 2 nitrogen and oxygen atoms in total. The highest BCUT2D eigenvalue weighted by Crippen LogP contribution is 2.23. The molecule has 1 N–H and O–H groups in total. The number of ketones is 1. The summed E-state index contributed by atoms with van der Waals surface area (Å²) in [6.07, 6.45) is 3.33. The molecule has 19 heavy (non-hydrogen) atoms. The van der Waals surface area contributed by atoms with Gasteiger partial charge >= 0.3 is 0 Å². The lowest BCUT2D eigenvalue weighted by molar-refractivity contribution is 0.104. The molecule has 0 atom stereocenters. The highest BCUT2D eigenvalue weighted by Gasteiger charge is 2.03. The molecule has 96 valence electrons. The van der Waals surface area contributed by atoms with Crippen molar-refractivity contribution in [1.29, 1.82) is 0 Å². The molecule has 2 heteroatoms. The van der Waals surface area contributed by atoms with Crippen molar-refractivity contribution >= 4 is 11.9 Å². The van der Waals surface area contributed by atoms with Gasteiger partial charge in [-0.3, -0.25) is 4.79 Å². The Kier molecular flexibility index (Phi) is 3.81. The quantitative estimate of drug-likeness (QED) is 0.664. The van der Waals surface area contributed by atoms with Gasteiger partial charge in [-0.2, -0.15) is 0 Å². The summed E-state index contributed by atoms with van der Waals surface area (Å²) < 4.78 is 0. The number of aryl methyl sites for hydroxylation is 2. The number of rotatable bonds is 3. The van der Waals surface area contributed by atoms with E-state index in [1.54, 1.807) is 24.3 Å². The molecule has 0 heterocycles. The minimum Gasteiger partial charge on any atom is -0.507 e. The molecule has 0 aromatic heterocycles. The van der Waals surface area contributed by atoms with Gasteiger partial charge in [-0.25, -0.2) is 0 Å². The van der Waals surface area contributed by atoms with Crippen molar-refractivity contribution in [2.45, 2.75) is 13.8 Å². The van der Waals surface area contributed by atoms with E-state index in [1.807, 2.05) is 44.2 Å². The summed E-state index contributed by atoms with van der Waals surface area (Å²) in [6, 6.07) is 12.9. The molecule has 0 amide bonds. The van der Waals surface area contributed by atoms with Crippen LogP contribution < -0.4 is 0 Å². The molecule has 0 radical (unpaired) electrons. The third-order valence-corrected chi connectivity index (χ3v) is 3.00. The molecule has 0 aliphatic heterocycles. The Hall–Kier alpha value is -2.35. The van der Waals surface area contributed by atoms with Crippen molar-refractivity contribution in [3.05, 3.63) is 70.8 Å². The van der Waals surface area contributed by atoms with Gasteiger partial charge in [0.1, 0.15) is 5.75 Å². The van der Waals surface area contributed by atoms with E-state index in [2.05, 4.69) is 0 Å². The van der Waals surface area contributed by atoms with Gasteiger partial charge in [-0.15, -0.1) is 0 Å². The topological polar surface area (TPSA) is 37.3 Å². The number of carbonyl (C=O) groups is 1. The first-order valence-corrected chi connectivity index (χ1v) is 6.15. The van der Waals surface area contributed by atoms with Gasteiger partial charge in [0, 0.05) is 5.56 Å². The fourth-order valence-corrected chi connectivity index (χ4v) is 1.96. The summed E-state index contributed by atoms with van der Waals surface area (Å²) in [4.78, 5) is 11.9. The first-order chi connectivity index (χ1) is 9.08. The Morgan fingerprint density at radius 1 is 1.05 bits per heavy atom. The van der Waals surface area contributed by atoms with Crippen LogP contribution in [0.3, 0.4) is 0 Å². The van der Waals surface area contributed by atoms with Gasteiger partial charge in [-0.05, 0) is 48.7 Å². The van der Waals surface area contributed by atoms with Gasteiger partial charge in [0.05, 0.1) is 0 Å². The van der Waals surface area contributed by atoms with Gasteiger partial charge in [0.15, 0.2) is 5.78 Å². The van der Waals surface area contributed by atoms with Crippen LogP contribution in [0, 0.1) is 13.8 Å². The highest BCUT2D eigenvalue weighted by molar-refractivity contribution is 6.06. The van der Waals surface area contributed by atoms with E-state index < -0.39 is 0 Å². The molecule has 0 bridgehead atoms. The summed E-state index contributed by atoms with van der Waals surface area (Å²) in [7, 11) is 0. The van der Waals surface area contributed by atoms with E-state index >= 15 is 0 Å². The number of hydrogen-bond acceptors (Lipinski definition) is 2. The summed E-state index contributed by atoms with van der Waals surface area (Å²) in [6.45, 7) is 3.69. The van der Waals surface area contributed by atoms with Crippen molar-refractivity contribution in [2.24, 2.45) is 0 Å². The minimum absolute atomic E-state index is 0.0241. The number of carbonyl (C=O) groups excluding carboxylic acids is 1. The van der Waals surface area contributed by atoms with Crippen LogP contribution in [0.4, 0.5) is 0 Å². The largest absolute Gasteiger partial charge is 0.507 e. The fraction of sp³-hybridized carbons (Fsp3) is 0.118. The molecule has 0 fully saturated rings. The minimum atomic E-state index is -0.0241. The van der Waals surface area contributed by atoms with Crippen LogP contribution >= 0.6 is 0 Å². The number of allylic oxidation sites excluding steroid dienone is 1. The average Bonchev–Trinajstić information content (AvgIpc) is 2.43. The second-order valence-electron chi connectivity index (χ2n) is 4.57. The maximum Gasteiger partial charge on any atom is 0.185 e. The first-order valence-electron chi connectivity index (χ1n) is 6.15. The van der Waals surface area contributed by atoms with Crippen LogP contribution in [0.2, 0.25) is 0 Å². The van der Waals surface area contributed by atoms with Gasteiger partial charge in [-0.1, -0.05) is 36.4 Å². The molecule has 0 saturated carbocycles. The number of benzene rings is 2. The van der Waals surface area contributed by atoms with Crippen LogP contribution in [0.5, 0.6) is 5.75 Å². The lowest BCUT2D eigenvalue weighted by Gasteiger charge is -2.04. The number of hydrogen-bond donors (Lipinski definition) is 1. The normalized spacial score (nSPS) is 10.8. The standard InChI is InChI=1S/C17H16O2/c1-12-10-14(11-13(2)17(12)19)8-9-16(18)15-6-4-3-5-7-15/h3-11,19H,1-2H3. The zero-order valence-corrected chi connectivity index (χ0v) is 11.1. The van der Waals surface area contributed by atoms with Gasteiger partial charge in [0.25, 0.3) is 0 Å². The SMILES string of the molecule is Cc1cc(C=CC(=O)c2ccccc2)cc(C)c1O. The number of phenolic OH excluding ortho intramolecular Hbond substituents is 1. The maximum absolute atomic E-state index is 11.9. The van der Waals surface area contributed by atoms with Crippen molar-refractivity contribution in [3.63, 3.8) is 0 Å². The Labute approximate surface area is 113 Å². The fourth-order valence-electron chi connectivity index (χ4n) is 1.96. The summed E-state index contributed by atoms with van der Waals surface area (Å²) in [5, 5.41) is 9.70. The van der Waals surface area contributed by atoms with Crippen LogP contribution in [-0.2, 0) is 0 Å². The van der Waals surface area contributed by atoms with Crippen molar-refractivity contribution in [2.75, 3.05) is 0 Å². The smallest absolute Gasteiger partial charge is 0.185 e. The Morgan fingerprint density at radius 2 is 1.63 bits per heavy atom. The third kappa shape index (κ3) is 3.10. The zero-order valence-electron chi connectivity index (χ0n) is 11.1. The lowest BCUT2D eigenvalue weighted by Crippen LogP contribution is -1.93. The predicted octanol–water partition coefficient (Wildman–Crippen LogP) is 3.91. The van der Waals surface area contributed by atoms with Crippen LogP contribution in [0.15, 0.2) is 48.5 Å². The van der Waals surface area contributed by atoms with E-state index in [0.29, 0.717) is 11.3 Å². The third-order valence-electron chi connectivity index (χ3n) is 3.00. The van der Waals surface area contributed by atoms with Crippen LogP contribution in [0.25, 0.3) is 6.08 Å². The molecule has 2 aromatic rings. The summed E-state index contributed by atoms with van der Waals surface area (Å²) in [5.74, 6) is 0.288. The second kappa shape index (κ2) is 5.53. The number of phenols is 1. The van der Waals surface area contributed by atoms with Crippen molar-refractivity contribution < 1.29 is 9.90 Å². The molecule has 0 aliphatic rings. The molecule has 2 rings (SSSR count). The molecule has 0 aliphatic carbocycles. The number of aromatic hydroxyl groups is 1.